The number of hydrogen-bond acceptors (Lipinski definition) is 10. The molecule has 2 aromatic heterocycles. The molecule has 95 heavy (non-hydrogen) atoms. The predicted octanol–water partition coefficient (Wildman–Crippen LogP) is 14.7. The van der Waals surface area contributed by atoms with Gasteiger partial charge in [-0.1, -0.05) is 148 Å². The van der Waals surface area contributed by atoms with E-state index >= 15 is 0 Å². The number of carbonyl (C=O) groups excluding carboxylic acids is 2. The maximum atomic E-state index is 14.8. The second-order valence-corrected chi connectivity index (χ2v) is 22.6. The van der Waals surface area contributed by atoms with E-state index in [4.69, 9.17) is 28.8 Å². The average Bonchev–Trinajstić information content (AvgIpc) is 1.54. The molecule has 2 heterocycles. The summed E-state index contributed by atoms with van der Waals surface area (Å²) < 4.78 is 327. The molecule has 0 aliphatic heterocycles. The van der Waals surface area contributed by atoms with Crippen molar-refractivity contribution in [1.82, 2.24) is 38.7 Å². The zero-order valence-corrected chi connectivity index (χ0v) is 53.3. The van der Waals surface area contributed by atoms with Crippen molar-refractivity contribution < 1.29 is 79.0 Å². The standard InChI is InChI=1S/C37H40F4N4O2S.C36H38F4N4O2S/c1-4-43(5-2)19-20-44(22-26-9-13-28(14-10-26)29-15-18-32(25(3)21-29)37(39,40)41)34(46)23-45-33-8-6-7-31(33)35(47)42-36(45)48-24-27-11-16-30(38)17-12-27;1-3-42(4-2)20-21-43(22-25-8-12-27(13-9-25)28-14-16-29(17-15-28)36(38,39)40)33(45)23-44-32-7-5-6-31(32)34(46)41-35(44)47-24-26-10-18-30(37)19-11-26/h9-18,21H,4-8,19-20,22-24H2,1-3H3;8-19H,3-7,20-24H2,1-2H3/i6D2,7D2,8D2,9D,10D,13D,14D,15D,18D,21D,22D2,24D2;10D,11D,18D,19D,22D2,24D2. The van der Waals surface area contributed by atoms with Crippen molar-refractivity contribution in [2.24, 2.45) is 0 Å². The molecule has 2 aliphatic rings. The van der Waals surface area contributed by atoms with Crippen LogP contribution in [0.1, 0.15) is 136 Å². The number of alkyl halides is 6. The van der Waals surface area contributed by atoms with Crippen molar-refractivity contribution in [3.05, 3.63) is 233 Å². The number of hydrogen-bond donors (Lipinski definition) is 0. The number of halogens is 8. The Kier molecular flexibility index (Phi) is 15.4. The Morgan fingerprint density at radius 1 is 0.547 bits per heavy atom. The van der Waals surface area contributed by atoms with E-state index in [0.717, 1.165) is 48.2 Å². The maximum absolute atomic E-state index is 14.8. The molecule has 0 radical (unpaired) electrons. The first-order valence-corrected chi connectivity index (χ1v) is 31.3. The first-order valence-electron chi connectivity index (χ1n) is 42.2. The Morgan fingerprint density at radius 2 is 1.04 bits per heavy atom. The van der Waals surface area contributed by atoms with Gasteiger partial charge >= 0.3 is 12.4 Å². The highest BCUT2D eigenvalue weighted by atomic mass is 32.2. The Bertz CT molecular complexity index is 5330. The number of aromatic nitrogens is 4. The van der Waals surface area contributed by atoms with Gasteiger partial charge in [-0.25, -0.2) is 8.78 Å². The van der Waals surface area contributed by atoms with Gasteiger partial charge in [-0.05, 0) is 164 Å². The Balaban J connectivity index is 0.000000277. The highest BCUT2D eigenvalue weighted by molar-refractivity contribution is 7.98. The lowest BCUT2D eigenvalue weighted by Gasteiger charge is -2.28. The Hall–Kier alpha value is -7.92. The fraction of sp³-hybridized carbons (Fsp3) is 0.370. The van der Waals surface area contributed by atoms with Crippen molar-refractivity contribution in [2.75, 3.05) is 52.4 Å². The lowest BCUT2D eigenvalue weighted by molar-refractivity contribution is -0.138. The van der Waals surface area contributed by atoms with Gasteiger partial charge in [0, 0.05) is 86.8 Å². The summed E-state index contributed by atoms with van der Waals surface area (Å²) in [6.07, 6.45) is -19.0. The average molecular weight is 1370 g/mol. The number of rotatable bonds is 26. The van der Waals surface area contributed by atoms with Crippen LogP contribution >= 0.6 is 23.5 Å². The van der Waals surface area contributed by atoms with Crippen LogP contribution in [0.25, 0.3) is 22.3 Å². The summed E-state index contributed by atoms with van der Waals surface area (Å²) >= 11 is 0.336. The number of carbonyl (C=O) groups is 2. The topological polar surface area (TPSA) is 117 Å². The van der Waals surface area contributed by atoms with E-state index in [-0.39, 0.29) is 59.4 Å². The molecular weight excluding hydrogens is 1270 g/mol. The van der Waals surface area contributed by atoms with E-state index in [1.807, 2.05) is 18.7 Å². The molecule has 0 atom stereocenters. The summed E-state index contributed by atoms with van der Waals surface area (Å²) in [7, 11) is 0. The third kappa shape index (κ3) is 19.0. The molecule has 0 bridgehead atoms. The van der Waals surface area contributed by atoms with Gasteiger partial charge in [0.15, 0.2) is 10.3 Å². The van der Waals surface area contributed by atoms with Gasteiger partial charge in [-0.3, -0.25) is 19.2 Å². The van der Waals surface area contributed by atoms with E-state index in [1.54, 1.807) is 30.9 Å². The van der Waals surface area contributed by atoms with Crippen molar-refractivity contribution in [2.45, 2.75) is 133 Å². The molecular formula is C73H78F8N8O4S2. The quantitative estimate of drug-likeness (QED) is 0.0295. The number of thioether (sulfide) groups is 2. The minimum Gasteiger partial charge on any atom is -0.336 e. The summed E-state index contributed by atoms with van der Waals surface area (Å²) in [5, 5.41) is -1.15. The normalized spacial score (nSPS) is 18.8. The van der Waals surface area contributed by atoms with Crippen LogP contribution in [0, 0.1) is 18.6 Å². The van der Waals surface area contributed by atoms with E-state index in [2.05, 4.69) is 9.97 Å². The van der Waals surface area contributed by atoms with Gasteiger partial charge in [0.05, 0.1) is 31.7 Å². The highest BCUT2D eigenvalue weighted by Gasteiger charge is 2.33. The predicted molar refractivity (Wildman–Crippen MR) is 358 cm³/mol. The summed E-state index contributed by atoms with van der Waals surface area (Å²) in [6, 6.07) is 1.79. The summed E-state index contributed by atoms with van der Waals surface area (Å²) in [6.45, 7) is 1.53. The molecule has 2 amide bonds. The highest BCUT2D eigenvalue weighted by Crippen LogP contribution is 2.36. The fourth-order valence-corrected chi connectivity index (χ4v) is 11.3. The number of nitrogens with zero attached hydrogens (tertiary/aromatic N) is 8. The summed E-state index contributed by atoms with van der Waals surface area (Å²) in [5.74, 6) is -4.37. The number of likely N-dealkylation sites (N-methyl/N-ethyl adjacent to an activating group) is 2. The fourth-order valence-electron chi connectivity index (χ4n) is 9.82. The third-order valence-corrected chi connectivity index (χ3v) is 16.7. The minimum atomic E-state index is -5.19. The van der Waals surface area contributed by atoms with E-state index < -0.39 is 232 Å². The first-order chi connectivity index (χ1) is 55.4. The van der Waals surface area contributed by atoms with Crippen LogP contribution in [-0.4, -0.2) is 103 Å². The molecule has 22 heteroatoms. The summed E-state index contributed by atoms with van der Waals surface area (Å²) in [5.41, 5.74) is -15.5. The van der Waals surface area contributed by atoms with E-state index in [1.165, 1.54) is 28.8 Å². The second kappa shape index (κ2) is 32.7. The van der Waals surface area contributed by atoms with Gasteiger partial charge < -0.3 is 28.7 Å². The van der Waals surface area contributed by atoms with Crippen molar-refractivity contribution >= 4 is 35.3 Å². The monoisotopic (exact) mass is 1370 g/mol. The molecule has 0 saturated carbocycles. The number of amides is 2. The number of fused-ring (bicyclic) bond motifs is 2. The Morgan fingerprint density at radius 3 is 1.59 bits per heavy atom. The largest absolute Gasteiger partial charge is 0.416 e. The molecule has 0 saturated heterocycles. The molecule has 8 aromatic rings. The first kappa shape index (κ1) is 44.7. The third-order valence-electron chi connectivity index (χ3n) is 15.0. The van der Waals surface area contributed by atoms with Gasteiger partial charge in [0.25, 0.3) is 11.1 Å². The van der Waals surface area contributed by atoms with Crippen LogP contribution in [0.2, 0.25) is 0 Å². The number of benzene rings is 6. The molecule has 0 spiro atoms. The molecule has 10 rings (SSSR count). The van der Waals surface area contributed by atoms with Crippen LogP contribution in [-0.2, 0) is 85.0 Å². The van der Waals surface area contributed by atoms with E-state index in [0.29, 0.717) is 77.3 Å². The lowest BCUT2D eigenvalue weighted by atomic mass is 9.98. The molecule has 0 fully saturated rings. The van der Waals surface area contributed by atoms with Crippen LogP contribution in [0.15, 0.2) is 159 Å². The van der Waals surface area contributed by atoms with Crippen LogP contribution in [0.5, 0.6) is 0 Å². The van der Waals surface area contributed by atoms with Crippen molar-refractivity contribution in [3.8, 4) is 22.3 Å². The van der Waals surface area contributed by atoms with Crippen molar-refractivity contribution in [3.63, 3.8) is 0 Å². The van der Waals surface area contributed by atoms with Crippen LogP contribution < -0.4 is 11.1 Å². The summed E-state index contributed by atoms with van der Waals surface area (Å²) in [4.78, 5) is 68.9. The Labute approximate surface area is 592 Å². The molecule has 2 aliphatic carbocycles. The molecule has 502 valence electrons. The van der Waals surface area contributed by atoms with Gasteiger partial charge in [0.1, 0.15) is 24.7 Å². The smallest absolute Gasteiger partial charge is 0.336 e. The zero-order chi connectivity index (χ0) is 90.1. The SMILES string of the molecule is [2H]c1c([2H])c(C([2H])([2H])N(CCN(CC)CC)C(=O)Cn2c(SC([2H])([2H])c3ccc(F)cc3)nc(=O)c3c2C([2H])([2H])C([2H])([2H])C3([2H])[2H])c([2H])c([2H])c1-c1c([2H])c([2H])c(C(F)(F)F)c(C)c1[2H].[2H]c1c([2H])c(C([2H])([2H])Sc2nc(=O)c3c(n2CC(=O)N(CCN(CC)CC)C([2H])([2H])c2ccc(-c4ccc(C(F)(F)F)cc4)cc2)CCC3)c([2H])c([2H])c1F. The maximum Gasteiger partial charge on any atom is 0.416 e. The second-order valence-electron chi connectivity index (χ2n) is 21.1. The van der Waals surface area contributed by atoms with Crippen molar-refractivity contribution in [1.29, 1.82) is 0 Å². The molecule has 0 unspecified atom stereocenters. The van der Waals surface area contributed by atoms with E-state index in [9.17, 15) is 59.8 Å². The zero-order valence-electron chi connectivity index (χ0n) is 76.7. The lowest BCUT2D eigenvalue weighted by Crippen LogP contribution is -2.40. The van der Waals surface area contributed by atoms with Crippen LogP contribution in [0.3, 0.4) is 0 Å². The molecule has 0 N–H and O–H groups in total. The van der Waals surface area contributed by atoms with Crippen LogP contribution in [0.4, 0.5) is 35.1 Å². The van der Waals surface area contributed by atoms with Gasteiger partial charge in [-0.15, -0.1) is 0 Å². The molecule has 12 nitrogen and oxygen atoms in total. The molecule has 6 aromatic carbocycles. The minimum absolute atomic E-state index is 0.0729. The van der Waals surface area contributed by atoms with Gasteiger partial charge in [0.2, 0.25) is 11.8 Å². The van der Waals surface area contributed by atoms with Gasteiger partial charge in [-0.2, -0.15) is 36.3 Å².